The number of fused-ring (bicyclic) bond motifs is 1. The Balaban J connectivity index is 1.47. The molecule has 0 aliphatic heterocycles. The second-order valence-electron chi connectivity index (χ2n) is 7.08. The summed E-state index contributed by atoms with van der Waals surface area (Å²) < 4.78 is 0. The first-order valence-electron chi connectivity index (χ1n) is 9.73. The molecule has 4 heteroatoms. The number of carbonyl (C=O) groups excluding carboxylic acids is 1. The van der Waals surface area contributed by atoms with Crippen LogP contribution in [0.3, 0.4) is 0 Å². The van der Waals surface area contributed by atoms with Crippen molar-refractivity contribution in [3.8, 4) is 5.75 Å². The number of carbonyl (C=O) groups is 1. The highest BCUT2D eigenvalue weighted by molar-refractivity contribution is 6.31. The molecule has 0 aliphatic carbocycles. The first kappa shape index (κ1) is 19.9. The van der Waals surface area contributed by atoms with Crippen molar-refractivity contribution in [2.45, 2.75) is 12.8 Å². The van der Waals surface area contributed by atoms with Gasteiger partial charge in [-0.1, -0.05) is 66.2 Å². The SMILES string of the molecule is O=C(CCc1ccccc1O)c1cccc(/C=C/c2ccc3ccc(Cl)cc3n2)c1. The average Bonchev–Trinajstić information content (AvgIpc) is 2.77. The van der Waals surface area contributed by atoms with Crippen LogP contribution in [0.2, 0.25) is 5.02 Å². The topological polar surface area (TPSA) is 50.2 Å². The van der Waals surface area contributed by atoms with Crippen LogP contribution in [-0.2, 0) is 6.42 Å². The van der Waals surface area contributed by atoms with Gasteiger partial charge in [0.15, 0.2) is 5.78 Å². The Morgan fingerprint density at radius 1 is 0.933 bits per heavy atom. The minimum Gasteiger partial charge on any atom is -0.508 e. The highest BCUT2D eigenvalue weighted by Gasteiger charge is 2.08. The molecule has 4 rings (SSSR count). The Labute approximate surface area is 180 Å². The molecule has 3 nitrogen and oxygen atoms in total. The van der Waals surface area contributed by atoms with E-state index in [2.05, 4.69) is 4.98 Å². The van der Waals surface area contributed by atoms with Gasteiger partial charge in [0.05, 0.1) is 11.2 Å². The number of nitrogens with zero attached hydrogens (tertiary/aromatic N) is 1. The molecule has 0 saturated carbocycles. The molecule has 0 aliphatic rings. The number of aromatic hydroxyl groups is 1. The van der Waals surface area contributed by atoms with Gasteiger partial charge >= 0.3 is 0 Å². The Morgan fingerprint density at radius 3 is 2.63 bits per heavy atom. The number of rotatable bonds is 6. The minimum atomic E-state index is 0.0481. The van der Waals surface area contributed by atoms with Crippen molar-refractivity contribution in [1.29, 1.82) is 0 Å². The van der Waals surface area contributed by atoms with Gasteiger partial charge in [-0.05, 0) is 54.0 Å². The summed E-state index contributed by atoms with van der Waals surface area (Å²) in [4.78, 5) is 17.2. The molecule has 0 saturated heterocycles. The lowest BCUT2D eigenvalue weighted by atomic mass is 10.0. The fourth-order valence-corrected chi connectivity index (χ4v) is 3.48. The van der Waals surface area contributed by atoms with Crippen LogP contribution in [0, 0.1) is 0 Å². The molecule has 0 atom stereocenters. The van der Waals surface area contributed by atoms with Crippen LogP contribution in [0.5, 0.6) is 5.75 Å². The van der Waals surface area contributed by atoms with Gasteiger partial charge in [0.2, 0.25) is 0 Å². The molecule has 1 heterocycles. The molecule has 1 aromatic heterocycles. The molecule has 0 unspecified atom stereocenters. The molecular formula is C26H20ClNO2. The zero-order valence-corrected chi connectivity index (χ0v) is 17.0. The van der Waals surface area contributed by atoms with Crippen LogP contribution >= 0.6 is 11.6 Å². The Morgan fingerprint density at radius 2 is 1.77 bits per heavy atom. The van der Waals surface area contributed by atoms with Crippen LogP contribution in [0.25, 0.3) is 23.1 Å². The van der Waals surface area contributed by atoms with Crippen LogP contribution in [0.15, 0.2) is 78.9 Å². The zero-order valence-electron chi connectivity index (χ0n) is 16.3. The molecule has 3 aromatic carbocycles. The van der Waals surface area contributed by atoms with Crippen LogP contribution in [0.1, 0.15) is 33.6 Å². The normalized spacial score (nSPS) is 11.2. The molecule has 4 aromatic rings. The Hall–Kier alpha value is -3.43. The third-order valence-electron chi connectivity index (χ3n) is 4.94. The van der Waals surface area contributed by atoms with Gasteiger partial charge in [-0.2, -0.15) is 0 Å². The van der Waals surface area contributed by atoms with Gasteiger partial charge in [0, 0.05) is 22.4 Å². The van der Waals surface area contributed by atoms with Gasteiger partial charge in [0.25, 0.3) is 0 Å². The molecule has 0 radical (unpaired) electrons. The number of aromatic nitrogens is 1. The monoisotopic (exact) mass is 413 g/mol. The number of halogens is 1. The number of phenols is 1. The molecule has 0 fully saturated rings. The third-order valence-corrected chi connectivity index (χ3v) is 5.18. The lowest BCUT2D eigenvalue weighted by Gasteiger charge is -2.05. The highest BCUT2D eigenvalue weighted by atomic mass is 35.5. The standard InChI is InChI=1S/C26H20ClNO2/c27-22-12-9-19-10-14-23(28-24(19)17-22)13-8-18-4-3-6-21(16-18)26(30)15-11-20-5-1-2-7-25(20)29/h1-10,12-14,16-17,29H,11,15H2/b13-8+. The summed E-state index contributed by atoms with van der Waals surface area (Å²) in [7, 11) is 0. The van der Waals surface area contributed by atoms with Gasteiger partial charge < -0.3 is 5.11 Å². The van der Waals surface area contributed by atoms with E-state index >= 15 is 0 Å². The lowest BCUT2D eigenvalue weighted by Crippen LogP contribution is -2.01. The Bertz CT molecular complexity index is 1250. The quantitative estimate of drug-likeness (QED) is 0.363. The predicted molar refractivity (Wildman–Crippen MR) is 123 cm³/mol. The molecule has 30 heavy (non-hydrogen) atoms. The number of phenolic OH excluding ortho intramolecular Hbond substituents is 1. The number of para-hydroxylation sites is 1. The lowest BCUT2D eigenvalue weighted by molar-refractivity contribution is 0.0982. The van der Waals surface area contributed by atoms with Crippen LogP contribution < -0.4 is 0 Å². The largest absolute Gasteiger partial charge is 0.508 e. The first-order chi connectivity index (χ1) is 14.6. The number of hydrogen-bond donors (Lipinski definition) is 1. The smallest absolute Gasteiger partial charge is 0.163 e. The van der Waals surface area contributed by atoms with Crippen molar-refractivity contribution in [2.24, 2.45) is 0 Å². The van der Waals surface area contributed by atoms with E-state index in [9.17, 15) is 9.90 Å². The van der Waals surface area contributed by atoms with E-state index in [1.165, 1.54) is 0 Å². The number of benzene rings is 3. The fourth-order valence-electron chi connectivity index (χ4n) is 3.31. The van der Waals surface area contributed by atoms with Crippen LogP contribution in [0.4, 0.5) is 0 Å². The van der Waals surface area contributed by atoms with Gasteiger partial charge in [-0.25, -0.2) is 4.98 Å². The van der Waals surface area contributed by atoms with E-state index in [0.717, 1.165) is 27.7 Å². The van der Waals surface area contributed by atoms with E-state index < -0.39 is 0 Å². The summed E-state index contributed by atoms with van der Waals surface area (Å²) in [6.07, 6.45) is 4.72. The third kappa shape index (κ3) is 4.76. The number of aryl methyl sites for hydroxylation is 1. The molecule has 0 spiro atoms. The molecular weight excluding hydrogens is 394 g/mol. The first-order valence-corrected chi connectivity index (χ1v) is 10.1. The Kier molecular flexibility index (Phi) is 5.92. The van der Waals surface area contributed by atoms with Crippen molar-refractivity contribution in [3.05, 3.63) is 106 Å². The number of Topliss-reactive ketones (excluding diaryl/α,β-unsaturated/α-hetero) is 1. The maximum Gasteiger partial charge on any atom is 0.163 e. The second kappa shape index (κ2) is 8.93. The number of hydrogen-bond acceptors (Lipinski definition) is 3. The van der Waals surface area contributed by atoms with Gasteiger partial charge in [-0.3, -0.25) is 4.79 Å². The summed E-state index contributed by atoms with van der Waals surface area (Å²) in [6.45, 7) is 0. The van der Waals surface area contributed by atoms with E-state index in [-0.39, 0.29) is 11.5 Å². The zero-order chi connectivity index (χ0) is 20.9. The van der Waals surface area contributed by atoms with Crippen molar-refractivity contribution in [3.63, 3.8) is 0 Å². The number of pyridine rings is 1. The average molecular weight is 414 g/mol. The maximum absolute atomic E-state index is 12.6. The molecule has 0 amide bonds. The predicted octanol–water partition coefficient (Wildman–Crippen LogP) is 6.58. The molecule has 0 bridgehead atoms. The summed E-state index contributed by atoms with van der Waals surface area (Å²) in [5, 5.41) is 11.6. The number of ketones is 1. The summed E-state index contributed by atoms with van der Waals surface area (Å²) in [6, 6.07) is 24.2. The van der Waals surface area contributed by atoms with Crippen molar-refractivity contribution < 1.29 is 9.90 Å². The summed E-state index contributed by atoms with van der Waals surface area (Å²) in [5.74, 6) is 0.276. The molecule has 1 N–H and O–H groups in total. The van der Waals surface area contributed by atoms with E-state index in [1.807, 2.05) is 78.9 Å². The second-order valence-corrected chi connectivity index (χ2v) is 7.52. The summed E-state index contributed by atoms with van der Waals surface area (Å²) >= 11 is 6.06. The van der Waals surface area contributed by atoms with E-state index in [0.29, 0.717) is 23.4 Å². The molecule has 148 valence electrons. The van der Waals surface area contributed by atoms with Gasteiger partial charge in [0.1, 0.15) is 5.75 Å². The fraction of sp³-hybridized carbons (Fsp3) is 0.0769. The minimum absolute atomic E-state index is 0.0481. The maximum atomic E-state index is 12.6. The van der Waals surface area contributed by atoms with E-state index in [4.69, 9.17) is 11.6 Å². The van der Waals surface area contributed by atoms with Crippen LogP contribution in [-0.4, -0.2) is 15.9 Å². The van der Waals surface area contributed by atoms with Crippen molar-refractivity contribution in [2.75, 3.05) is 0 Å². The summed E-state index contributed by atoms with van der Waals surface area (Å²) in [5.41, 5.74) is 4.03. The van der Waals surface area contributed by atoms with Crippen molar-refractivity contribution in [1.82, 2.24) is 4.98 Å². The van der Waals surface area contributed by atoms with E-state index in [1.54, 1.807) is 12.1 Å². The highest BCUT2D eigenvalue weighted by Crippen LogP contribution is 2.20. The van der Waals surface area contributed by atoms with Gasteiger partial charge in [-0.15, -0.1) is 0 Å². The van der Waals surface area contributed by atoms with Crippen molar-refractivity contribution >= 4 is 40.4 Å².